The van der Waals surface area contributed by atoms with Crippen LogP contribution in [0.1, 0.15) is 47.3 Å². The lowest BCUT2D eigenvalue weighted by Gasteiger charge is -2.41. The number of benzene rings is 1. The smallest absolute Gasteiger partial charge is 0.272 e. The number of anilines is 1. The maximum atomic E-state index is 13.2. The summed E-state index contributed by atoms with van der Waals surface area (Å²) in [6.07, 6.45) is 4.95. The summed E-state index contributed by atoms with van der Waals surface area (Å²) in [5.74, 6) is 0.657. The first kappa shape index (κ1) is 23.6. The summed E-state index contributed by atoms with van der Waals surface area (Å²) in [5, 5.41) is 13.0. The number of aliphatic hydroxyl groups is 1. The van der Waals surface area contributed by atoms with E-state index in [0.717, 1.165) is 63.0 Å². The van der Waals surface area contributed by atoms with E-state index in [1.54, 1.807) is 0 Å². The molecule has 1 aromatic carbocycles. The quantitative estimate of drug-likeness (QED) is 0.594. The number of aliphatic hydroxyl groups excluding tert-OH is 1. The summed E-state index contributed by atoms with van der Waals surface area (Å²) in [6, 6.07) is 10.6. The van der Waals surface area contributed by atoms with Crippen LogP contribution in [0.3, 0.4) is 0 Å². The van der Waals surface area contributed by atoms with Gasteiger partial charge in [-0.1, -0.05) is 30.3 Å². The Bertz CT molecular complexity index is 894. The number of nitrogens with one attached hydrogen (secondary N) is 1. The molecular formula is C25H35N5O3. The van der Waals surface area contributed by atoms with Crippen LogP contribution in [0.2, 0.25) is 0 Å². The molecule has 2 aliphatic rings. The van der Waals surface area contributed by atoms with E-state index >= 15 is 0 Å². The fourth-order valence-corrected chi connectivity index (χ4v) is 4.68. The van der Waals surface area contributed by atoms with Crippen LogP contribution < -0.4 is 5.32 Å². The number of piperidine rings is 2. The van der Waals surface area contributed by atoms with Crippen molar-refractivity contribution >= 4 is 11.7 Å². The largest absolute Gasteiger partial charge is 0.393 e. The second kappa shape index (κ2) is 11.5. The number of rotatable bonds is 8. The number of likely N-dealkylation sites (tertiary alicyclic amines) is 2. The molecular weight excluding hydrogens is 418 g/mol. The van der Waals surface area contributed by atoms with E-state index in [0.29, 0.717) is 37.3 Å². The predicted molar refractivity (Wildman–Crippen MR) is 127 cm³/mol. The van der Waals surface area contributed by atoms with E-state index in [4.69, 9.17) is 4.74 Å². The van der Waals surface area contributed by atoms with E-state index < -0.39 is 0 Å². The van der Waals surface area contributed by atoms with Crippen LogP contribution in [0, 0.1) is 6.92 Å². The predicted octanol–water partition coefficient (Wildman–Crippen LogP) is 2.48. The molecule has 8 nitrogen and oxygen atoms in total. The minimum atomic E-state index is -0.151. The summed E-state index contributed by atoms with van der Waals surface area (Å²) in [4.78, 5) is 26.2. The van der Waals surface area contributed by atoms with Gasteiger partial charge in [0.15, 0.2) is 0 Å². The summed E-state index contributed by atoms with van der Waals surface area (Å²) < 4.78 is 5.72. The Morgan fingerprint density at radius 3 is 2.55 bits per heavy atom. The highest BCUT2D eigenvalue weighted by Gasteiger charge is 2.30. The summed E-state index contributed by atoms with van der Waals surface area (Å²) in [7, 11) is 0. The van der Waals surface area contributed by atoms with Crippen molar-refractivity contribution in [3.8, 4) is 0 Å². The van der Waals surface area contributed by atoms with E-state index in [1.807, 2.05) is 42.2 Å². The van der Waals surface area contributed by atoms with Crippen molar-refractivity contribution in [1.29, 1.82) is 0 Å². The maximum absolute atomic E-state index is 13.2. The van der Waals surface area contributed by atoms with E-state index in [1.165, 1.54) is 6.33 Å². The zero-order valence-corrected chi connectivity index (χ0v) is 19.4. The fraction of sp³-hybridized carbons (Fsp3) is 0.560. The number of carbonyl (C=O) groups excluding carboxylic acids is 1. The molecule has 0 radical (unpaired) electrons. The molecule has 0 bridgehead atoms. The van der Waals surface area contributed by atoms with Crippen molar-refractivity contribution in [2.24, 2.45) is 0 Å². The molecule has 2 fully saturated rings. The van der Waals surface area contributed by atoms with E-state index in [-0.39, 0.29) is 12.0 Å². The Labute approximate surface area is 196 Å². The average Bonchev–Trinajstić information content (AvgIpc) is 2.86. The number of carbonyl (C=O) groups is 1. The molecule has 1 aromatic heterocycles. The molecule has 33 heavy (non-hydrogen) atoms. The first-order valence-electron chi connectivity index (χ1n) is 12.0. The monoisotopic (exact) mass is 453 g/mol. The van der Waals surface area contributed by atoms with Crippen LogP contribution in [-0.4, -0.2) is 82.3 Å². The van der Waals surface area contributed by atoms with Crippen molar-refractivity contribution in [2.75, 3.05) is 44.6 Å². The Kier molecular flexibility index (Phi) is 8.25. The molecule has 0 atom stereocenters. The zero-order valence-electron chi connectivity index (χ0n) is 19.4. The molecule has 1 amide bonds. The summed E-state index contributed by atoms with van der Waals surface area (Å²) in [6.45, 7) is 7.00. The summed E-state index contributed by atoms with van der Waals surface area (Å²) in [5.41, 5.74) is 2.39. The van der Waals surface area contributed by atoms with Crippen LogP contribution in [0.4, 0.5) is 5.82 Å². The van der Waals surface area contributed by atoms with Crippen molar-refractivity contribution in [2.45, 2.75) is 51.4 Å². The van der Waals surface area contributed by atoms with E-state index in [9.17, 15) is 9.90 Å². The number of aromatic nitrogens is 2. The first-order chi connectivity index (χ1) is 16.1. The Morgan fingerprint density at radius 1 is 1.09 bits per heavy atom. The molecule has 2 N–H and O–H groups in total. The number of hydrogen-bond donors (Lipinski definition) is 2. The topological polar surface area (TPSA) is 90.8 Å². The lowest BCUT2D eigenvalue weighted by molar-refractivity contribution is 0.0355. The van der Waals surface area contributed by atoms with Crippen molar-refractivity contribution < 1.29 is 14.6 Å². The van der Waals surface area contributed by atoms with Gasteiger partial charge in [0.1, 0.15) is 17.8 Å². The van der Waals surface area contributed by atoms with E-state index in [2.05, 4.69) is 20.2 Å². The number of hydrogen-bond acceptors (Lipinski definition) is 7. The van der Waals surface area contributed by atoms with Gasteiger partial charge in [-0.05, 0) is 38.2 Å². The van der Waals surface area contributed by atoms with Gasteiger partial charge in [-0.3, -0.25) is 4.79 Å². The van der Waals surface area contributed by atoms with Crippen LogP contribution >= 0.6 is 0 Å². The van der Waals surface area contributed by atoms with Gasteiger partial charge >= 0.3 is 0 Å². The van der Waals surface area contributed by atoms with Gasteiger partial charge in [0.05, 0.1) is 19.3 Å². The van der Waals surface area contributed by atoms with Gasteiger partial charge in [-0.15, -0.1) is 0 Å². The molecule has 0 aliphatic carbocycles. The second-order valence-corrected chi connectivity index (χ2v) is 8.95. The molecule has 0 saturated carbocycles. The maximum Gasteiger partial charge on any atom is 0.272 e. The SMILES string of the molecule is Cc1c(NCCOCc2ccccc2)ncnc1C(=O)N1CCC(N2CCC(O)CC2)CC1. The highest BCUT2D eigenvalue weighted by atomic mass is 16.5. The second-order valence-electron chi connectivity index (χ2n) is 8.95. The number of amides is 1. The lowest BCUT2D eigenvalue weighted by atomic mass is 9.98. The molecule has 2 aliphatic heterocycles. The Balaban J connectivity index is 1.25. The van der Waals surface area contributed by atoms with Crippen molar-refractivity contribution in [1.82, 2.24) is 19.8 Å². The fourth-order valence-electron chi connectivity index (χ4n) is 4.68. The van der Waals surface area contributed by atoms with Gasteiger partial charge in [0, 0.05) is 44.3 Å². The molecule has 2 aromatic rings. The summed E-state index contributed by atoms with van der Waals surface area (Å²) >= 11 is 0. The van der Waals surface area contributed by atoms with Gasteiger partial charge in [-0.25, -0.2) is 9.97 Å². The van der Waals surface area contributed by atoms with Gasteiger partial charge in [0.25, 0.3) is 5.91 Å². The number of nitrogens with zero attached hydrogens (tertiary/aromatic N) is 4. The third kappa shape index (κ3) is 6.28. The van der Waals surface area contributed by atoms with Gasteiger partial charge in [0.2, 0.25) is 0 Å². The van der Waals surface area contributed by atoms with Gasteiger partial charge < -0.3 is 25.0 Å². The lowest BCUT2D eigenvalue weighted by Crippen LogP contribution is -2.49. The molecule has 4 rings (SSSR count). The Morgan fingerprint density at radius 2 is 1.82 bits per heavy atom. The molecule has 2 saturated heterocycles. The van der Waals surface area contributed by atoms with Gasteiger partial charge in [-0.2, -0.15) is 0 Å². The van der Waals surface area contributed by atoms with Crippen molar-refractivity contribution in [3.63, 3.8) is 0 Å². The van der Waals surface area contributed by atoms with Crippen molar-refractivity contribution in [3.05, 3.63) is 53.5 Å². The first-order valence-corrected chi connectivity index (χ1v) is 12.0. The molecule has 3 heterocycles. The molecule has 8 heteroatoms. The minimum absolute atomic E-state index is 0.0224. The average molecular weight is 454 g/mol. The molecule has 178 valence electrons. The van der Waals surface area contributed by atoms with Crippen LogP contribution in [0.25, 0.3) is 0 Å². The zero-order chi connectivity index (χ0) is 23.0. The standard InChI is InChI=1S/C25H35N5O3/c1-19-23(25(32)30-12-7-21(8-13-30)29-14-9-22(31)10-15-29)27-18-28-24(19)26-11-16-33-17-20-5-3-2-4-6-20/h2-6,18,21-22,31H,7-17H2,1H3,(H,26,27,28). The van der Waals surface area contributed by atoms with Crippen LogP contribution in [-0.2, 0) is 11.3 Å². The highest BCUT2D eigenvalue weighted by Crippen LogP contribution is 2.23. The highest BCUT2D eigenvalue weighted by molar-refractivity contribution is 5.94. The Hall–Kier alpha value is -2.55. The van der Waals surface area contributed by atoms with Crippen LogP contribution in [0.5, 0.6) is 0 Å². The molecule has 0 spiro atoms. The van der Waals surface area contributed by atoms with Crippen LogP contribution in [0.15, 0.2) is 36.7 Å². The minimum Gasteiger partial charge on any atom is -0.393 e. The number of ether oxygens (including phenoxy) is 1. The normalized spacial score (nSPS) is 18.4. The third-order valence-corrected chi connectivity index (χ3v) is 6.70. The third-order valence-electron chi connectivity index (χ3n) is 6.70. The molecule has 0 unspecified atom stereocenters.